The summed E-state index contributed by atoms with van der Waals surface area (Å²) >= 11 is 0. The summed E-state index contributed by atoms with van der Waals surface area (Å²) in [4.78, 5) is 26.1. The van der Waals surface area contributed by atoms with Crippen LogP contribution >= 0.6 is 0 Å². The fraction of sp³-hybridized carbons (Fsp3) is 0.467. The number of hydrogen-bond acceptors (Lipinski definition) is 5. The van der Waals surface area contributed by atoms with Crippen molar-refractivity contribution in [2.75, 3.05) is 26.3 Å². The van der Waals surface area contributed by atoms with Crippen molar-refractivity contribution in [1.29, 1.82) is 0 Å². The summed E-state index contributed by atoms with van der Waals surface area (Å²) in [5.74, 6) is 0.102. The molecule has 0 N–H and O–H groups in total. The predicted molar refractivity (Wildman–Crippen MR) is 80.4 cm³/mol. The largest absolute Gasteiger partial charge is 0.378 e. The summed E-state index contributed by atoms with van der Waals surface area (Å²) in [6, 6.07) is 7.12. The minimum atomic E-state index is -0.163. The van der Waals surface area contributed by atoms with Crippen molar-refractivity contribution in [3.8, 4) is 0 Å². The van der Waals surface area contributed by atoms with Gasteiger partial charge >= 0.3 is 0 Å². The number of morpholine rings is 1. The van der Waals surface area contributed by atoms with E-state index in [-0.39, 0.29) is 11.5 Å². The van der Waals surface area contributed by atoms with E-state index in [1.807, 2.05) is 6.07 Å². The molecule has 1 aliphatic heterocycles. The van der Waals surface area contributed by atoms with Crippen molar-refractivity contribution >= 4 is 16.8 Å². The third-order valence-corrected chi connectivity index (χ3v) is 3.75. The quantitative estimate of drug-likeness (QED) is 0.818. The summed E-state index contributed by atoms with van der Waals surface area (Å²) in [5, 5.41) is 8.51. The van der Waals surface area contributed by atoms with Crippen LogP contribution in [-0.2, 0) is 16.1 Å². The maximum atomic E-state index is 12.3. The first-order valence-corrected chi connectivity index (χ1v) is 7.44. The van der Waals surface area contributed by atoms with E-state index in [2.05, 4.69) is 10.3 Å². The van der Waals surface area contributed by atoms with Gasteiger partial charge in [-0.1, -0.05) is 17.3 Å². The summed E-state index contributed by atoms with van der Waals surface area (Å²) < 4.78 is 6.55. The highest BCUT2D eigenvalue weighted by Gasteiger charge is 2.16. The van der Waals surface area contributed by atoms with Crippen LogP contribution in [0.4, 0.5) is 0 Å². The number of carbonyl (C=O) groups is 1. The third-order valence-electron chi connectivity index (χ3n) is 3.75. The van der Waals surface area contributed by atoms with E-state index in [0.29, 0.717) is 56.6 Å². The van der Waals surface area contributed by atoms with Crippen LogP contribution in [0.15, 0.2) is 29.1 Å². The topological polar surface area (TPSA) is 77.3 Å². The van der Waals surface area contributed by atoms with Gasteiger partial charge in [0.05, 0.1) is 18.6 Å². The molecule has 1 aromatic carbocycles. The summed E-state index contributed by atoms with van der Waals surface area (Å²) in [5.41, 5.74) is 0.428. The van der Waals surface area contributed by atoms with Crippen LogP contribution in [0.2, 0.25) is 0 Å². The average Bonchev–Trinajstić information content (AvgIpc) is 2.58. The minimum Gasteiger partial charge on any atom is -0.378 e. The average molecular weight is 302 g/mol. The first kappa shape index (κ1) is 14.6. The molecule has 7 nitrogen and oxygen atoms in total. The van der Waals surface area contributed by atoms with Crippen LogP contribution in [0.25, 0.3) is 10.9 Å². The van der Waals surface area contributed by atoms with E-state index in [1.54, 1.807) is 23.1 Å². The second-order valence-corrected chi connectivity index (χ2v) is 5.23. The molecule has 0 unspecified atom stereocenters. The van der Waals surface area contributed by atoms with Crippen LogP contribution < -0.4 is 5.56 Å². The molecule has 0 saturated carbocycles. The first-order valence-electron chi connectivity index (χ1n) is 7.44. The van der Waals surface area contributed by atoms with Crippen LogP contribution in [-0.4, -0.2) is 52.1 Å². The number of benzene rings is 1. The van der Waals surface area contributed by atoms with Crippen molar-refractivity contribution < 1.29 is 9.53 Å². The molecule has 1 saturated heterocycles. The maximum Gasteiger partial charge on any atom is 0.277 e. The number of ether oxygens (including phenoxy) is 1. The lowest BCUT2D eigenvalue weighted by atomic mass is 10.2. The highest BCUT2D eigenvalue weighted by molar-refractivity contribution is 5.77. The van der Waals surface area contributed by atoms with E-state index < -0.39 is 0 Å². The molecular formula is C15H18N4O3. The molecule has 22 heavy (non-hydrogen) atoms. The number of aryl methyl sites for hydroxylation is 1. The van der Waals surface area contributed by atoms with E-state index in [9.17, 15) is 9.59 Å². The zero-order valence-electron chi connectivity index (χ0n) is 12.3. The van der Waals surface area contributed by atoms with Crippen LogP contribution in [0, 0.1) is 0 Å². The van der Waals surface area contributed by atoms with Gasteiger partial charge in [-0.3, -0.25) is 9.59 Å². The SMILES string of the molecule is O=C(CCCn1nnc2ccccc2c1=O)N1CCOCC1. The lowest BCUT2D eigenvalue weighted by Gasteiger charge is -2.26. The Morgan fingerprint density at radius 3 is 2.82 bits per heavy atom. The molecule has 0 spiro atoms. The maximum absolute atomic E-state index is 12.3. The van der Waals surface area contributed by atoms with Crippen LogP contribution in [0.5, 0.6) is 0 Å². The number of fused-ring (bicyclic) bond motifs is 1. The van der Waals surface area contributed by atoms with Gasteiger partial charge < -0.3 is 9.64 Å². The molecule has 7 heteroatoms. The Morgan fingerprint density at radius 1 is 1.23 bits per heavy atom. The molecule has 0 bridgehead atoms. The zero-order chi connectivity index (χ0) is 15.4. The molecule has 3 rings (SSSR count). The molecule has 0 radical (unpaired) electrons. The van der Waals surface area contributed by atoms with Gasteiger partial charge in [0.2, 0.25) is 5.91 Å². The second kappa shape index (κ2) is 6.65. The molecule has 0 aliphatic carbocycles. The van der Waals surface area contributed by atoms with Crippen molar-refractivity contribution in [3.05, 3.63) is 34.6 Å². The molecule has 1 amide bonds. The number of aromatic nitrogens is 3. The lowest BCUT2D eigenvalue weighted by molar-refractivity contribution is -0.135. The molecule has 0 atom stereocenters. The van der Waals surface area contributed by atoms with Crippen LogP contribution in [0.1, 0.15) is 12.8 Å². The number of amides is 1. The normalized spacial score (nSPS) is 15.2. The number of rotatable bonds is 4. The van der Waals surface area contributed by atoms with Crippen LogP contribution in [0.3, 0.4) is 0 Å². The van der Waals surface area contributed by atoms with Gasteiger partial charge in [0, 0.05) is 26.1 Å². The molecule has 116 valence electrons. The van der Waals surface area contributed by atoms with Gasteiger partial charge in [-0.15, -0.1) is 5.10 Å². The van der Waals surface area contributed by atoms with E-state index in [0.717, 1.165) is 0 Å². The number of carbonyl (C=O) groups excluding carboxylic acids is 1. The second-order valence-electron chi connectivity index (χ2n) is 5.23. The van der Waals surface area contributed by atoms with Crippen molar-refractivity contribution in [2.24, 2.45) is 0 Å². The van der Waals surface area contributed by atoms with Gasteiger partial charge in [0.15, 0.2) is 0 Å². The van der Waals surface area contributed by atoms with Gasteiger partial charge in [0.25, 0.3) is 5.56 Å². The smallest absolute Gasteiger partial charge is 0.277 e. The Bertz CT molecular complexity index is 722. The highest BCUT2D eigenvalue weighted by Crippen LogP contribution is 2.05. The molecule has 1 aliphatic rings. The van der Waals surface area contributed by atoms with E-state index >= 15 is 0 Å². The van der Waals surface area contributed by atoms with Gasteiger partial charge in [-0.25, -0.2) is 4.68 Å². The molecule has 1 aromatic heterocycles. The first-order chi connectivity index (χ1) is 10.8. The standard InChI is InChI=1S/C15H18N4O3/c20-14(18-8-10-22-11-9-18)6-3-7-19-15(21)12-4-1-2-5-13(12)16-17-19/h1-2,4-5H,3,6-11H2. The predicted octanol–water partition coefficient (Wildman–Crippen LogP) is 0.430. The highest BCUT2D eigenvalue weighted by atomic mass is 16.5. The molecule has 2 aromatic rings. The van der Waals surface area contributed by atoms with Gasteiger partial charge in [-0.05, 0) is 18.6 Å². The summed E-state index contributed by atoms with van der Waals surface area (Å²) in [7, 11) is 0. The Morgan fingerprint density at radius 2 is 2.00 bits per heavy atom. The van der Waals surface area contributed by atoms with E-state index in [1.165, 1.54) is 4.68 Å². The van der Waals surface area contributed by atoms with Crippen molar-refractivity contribution in [1.82, 2.24) is 19.9 Å². The van der Waals surface area contributed by atoms with Crippen molar-refractivity contribution in [3.63, 3.8) is 0 Å². The summed E-state index contributed by atoms with van der Waals surface area (Å²) in [6.45, 7) is 2.89. The third kappa shape index (κ3) is 3.14. The molecular weight excluding hydrogens is 284 g/mol. The number of nitrogens with zero attached hydrogens (tertiary/aromatic N) is 4. The Balaban J connectivity index is 1.61. The van der Waals surface area contributed by atoms with Crippen molar-refractivity contribution in [2.45, 2.75) is 19.4 Å². The zero-order valence-corrected chi connectivity index (χ0v) is 12.3. The minimum absolute atomic E-state index is 0.102. The lowest BCUT2D eigenvalue weighted by Crippen LogP contribution is -2.40. The molecule has 1 fully saturated rings. The fourth-order valence-electron chi connectivity index (χ4n) is 2.52. The van der Waals surface area contributed by atoms with Gasteiger partial charge in [0.1, 0.15) is 5.52 Å². The van der Waals surface area contributed by atoms with Gasteiger partial charge in [-0.2, -0.15) is 0 Å². The Kier molecular flexibility index (Phi) is 4.43. The Labute approximate surface area is 127 Å². The van der Waals surface area contributed by atoms with E-state index in [4.69, 9.17) is 4.74 Å². The summed E-state index contributed by atoms with van der Waals surface area (Å²) in [6.07, 6.45) is 0.976. The number of hydrogen-bond donors (Lipinski definition) is 0. The fourth-order valence-corrected chi connectivity index (χ4v) is 2.52. The molecule has 2 heterocycles. The monoisotopic (exact) mass is 302 g/mol. The Hall–Kier alpha value is -2.28.